The lowest BCUT2D eigenvalue weighted by Gasteiger charge is -2.20. The number of nitrogens with one attached hydrogen (secondary N) is 1. The Hall–Kier alpha value is -1.75. The average Bonchev–Trinajstić information content (AvgIpc) is 2.37. The molecule has 5 nitrogen and oxygen atoms in total. The van der Waals surface area contributed by atoms with Crippen molar-refractivity contribution in [1.29, 1.82) is 0 Å². The Kier molecular flexibility index (Phi) is 4.97. The van der Waals surface area contributed by atoms with Crippen molar-refractivity contribution in [2.24, 2.45) is 5.73 Å². The minimum atomic E-state index is -0.396. The van der Waals surface area contributed by atoms with E-state index in [1.54, 1.807) is 21.1 Å². The van der Waals surface area contributed by atoms with Crippen LogP contribution in [0.4, 0.5) is 0 Å². The molecular weight excluding hydrogens is 232 g/mol. The van der Waals surface area contributed by atoms with Crippen LogP contribution in [0.2, 0.25) is 0 Å². The molecule has 3 N–H and O–H groups in total. The van der Waals surface area contributed by atoms with Crippen LogP contribution in [-0.2, 0) is 4.79 Å². The Bertz CT molecular complexity index is 421. The van der Waals surface area contributed by atoms with Gasteiger partial charge < -0.3 is 15.2 Å². The van der Waals surface area contributed by atoms with Crippen molar-refractivity contribution in [3.63, 3.8) is 0 Å². The maximum absolute atomic E-state index is 11.0. The van der Waals surface area contributed by atoms with Gasteiger partial charge in [0.2, 0.25) is 5.91 Å². The molecule has 18 heavy (non-hydrogen) atoms. The highest BCUT2D eigenvalue weighted by atomic mass is 16.5. The van der Waals surface area contributed by atoms with Gasteiger partial charge in [-0.2, -0.15) is 0 Å². The molecule has 2 unspecified atom stereocenters. The third-order valence-corrected chi connectivity index (χ3v) is 2.83. The first-order valence-electron chi connectivity index (χ1n) is 5.76. The second kappa shape index (κ2) is 6.26. The molecule has 0 aromatic heterocycles. The number of nitrogens with two attached hydrogens (primary N) is 1. The first-order valence-corrected chi connectivity index (χ1v) is 5.76. The molecular formula is C13H20N2O3. The van der Waals surface area contributed by atoms with Gasteiger partial charge in [-0.15, -0.1) is 0 Å². The molecule has 0 saturated heterocycles. The molecule has 0 spiro atoms. The van der Waals surface area contributed by atoms with Crippen LogP contribution in [0, 0.1) is 0 Å². The number of amides is 1. The number of primary amides is 1. The van der Waals surface area contributed by atoms with E-state index in [4.69, 9.17) is 15.2 Å². The summed E-state index contributed by atoms with van der Waals surface area (Å²) in [5.74, 6) is 1.06. The maximum atomic E-state index is 11.0. The Morgan fingerprint density at radius 2 is 1.94 bits per heavy atom. The summed E-state index contributed by atoms with van der Waals surface area (Å²) in [6, 6.07) is 5.12. The summed E-state index contributed by atoms with van der Waals surface area (Å²) in [4.78, 5) is 11.0. The van der Waals surface area contributed by atoms with Crippen LogP contribution in [0.3, 0.4) is 0 Å². The zero-order chi connectivity index (χ0) is 13.7. The fourth-order valence-corrected chi connectivity index (χ4v) is 1.72. The van der Waals surface area contributed by atoms with Crippen LogP contribution in [0.1, 0.15) is 25.5 Å². The molecule has 1 aromatic carbocycles. The van der Waals surface area contributed by atoms with Gasteiger partial charge in [-0.05, 0) is 19.9 Å². The Balaban J connectivity index is 2.91. The van der Waals surface area contributed by atoms with Crippen LogP contribution in [-0.4, -0.2) is 26.2 Å². The molecule has 1 amide bonds. The van der Waals surface area contributed by atoms with Gasteiger partial charge in [0.05, 0.1) is 20.3 Å². The van der Waals surface area contributed by atoms with Gasteiger partial charge in [0.15, 0.2) is 0 Å². The molecule has 5 heteroatoms. The topological polar surface area (TPSA) is 73.6 Å². The van der Waals surface area contributed by atoms with Gasteiger partial charge in [0.1, 0.15) is 11.5 Å². The number of methoxy groups -OCH3 is 2. The zero-order valence-corrected chi connectivity index (χ0v) is 11.2. The van der Waals surface area contributed by atoms with E-state index < -0.39 is 6.04 Å². The summed E-state index contributed by atoms with van der Waals surface area (Å²) in [5.41, 5.74) is 6.18. The fraction of sp³-hybridized carbons (Fsp3) is 0.462. The molecule has 0 bridgehead atoms. The summed E-state index contributed by atoms with van der Waals surface area (Å²) in [6.07, 6.45) is 0. The minimum absolute atomic E-state index is 0.0478. The predicted molar refractivity (Wildman–Crippen MR) is 69.8 cm³/mol. The van der Waals surface area contributed by atoms with Gasteiger partial charge in [-0.25, -0.2) is 0 Å². The number of carbonyl (C=O) groups is 1. The van der Waals surface area contributed by atoms with E-state index in [2.05, 4.69) is 5.32 Å². The molecule has 0 aliphatic heterocycles. The molecule has 1 rings (SSSR count). The third kappa shape index (κ3) is 3.37. The van der Waals surface area contributed by atoms with E-state index in [1.165, 1.54) is 0 Å². The molecule has 0 fully saturated rings. The van der Waals surface area contributed by atoms with E-state index >= 15 is 0 Å². The van der Waals surface area contributed by atoms with Crippen molar-refractivity contribution in [3.8, 4) is 11.5 Å². The Labute approximate surface area is 107 Å². The van der Waals surface area contributed by atoms with Crippen molar-refractivity contribution in [2.75, 3.05) is 14.2 Å². The molecule has 0 radical (unpaired) electrons. The van der Waals surface area contributed by atoms with Gasteiger partial charge in [0, 0.05) is 17.7 Å². The third-order valence-electron chi connectivity index (χ3n) is 2.83. The molecule has 0 saturated carbocycles. The minimum Gasteiger partial charge on any atom is -0.497 e. The highest BCUT2D eigenvalue weighted by molar-refractivity contribution is 5.79. The summed E-state index contributed by atoms with van der Waals surface area (Å²) in [7, 11) is 3.20. The van der Waals surface area contributed by atoms with Crippen LogP contribution in [0.15, 0.2) is 18.2 Å². The molecule has 0 heterocycles. The standard InChI is InChI=1S/C13H20N2O3/c1-8(15-9(2)13(14)16)11-6-5-10(17-3)7-12(11)18-4/h5-9,15H,1-4H3,(H2,14,16). The van der Waals surface area contributed by atoms with Gasteiger partial charge in [-0.1, -0.05) is 6.07 Å². The first kappa shape index (κ1) is 14.3. The van der Waals surface area contributed by atoms with E-state index in [0.29, 0.717) is 5.75 Å². The highest BCUT2D eigenvalue weighted by Gasteiger charge is 2.16. The van der Waals surface area contributed by atoms with E-state index in [9.17, 15) is 4.79 Å². The zero-order valence-electron chi connectivity index (χ0n) is 11.2. The number of rotatable bonds is 6. The monoisotopic (exact) mass is 252 g/mol. The van der Waals surface area contributed by atoms with Gasteiger partial charge in [0.25, 0.3) is 0 Å². The largest absolute Gasteiger partial charge is 0.497 e. The molecule has 1 aromatic rings. The Morgan fingerprint density at radius 1 is 1.28 bits per heavy atom. The lowest BCUT2D eigenvalue weighted by molar-refractivity contribution is -0.119. The number of ether oxygens (including phenoxy) is 2. The van der Waals surface area contributed by atoms with Gasteiger partial charge >= 0.3 is 0 Å². The number of hydrogen-bond acceptors (Lipinski definition) is 4. The lowest BCUT2D eigenvalue weighted by atomic mass is 10.1. The smallest absolute Gasteiger partial charge is 0.234 e. The second-order valence-electron chi connectivity index (χ2n) is 4.12. The fourth-order valence-electron chi connectivity index (χ4n) is 1.72. The average molecular weight is 252 g/mol. The Morgan fingerprint density at radius 3 is 2.44 bits per heavy atom. The van der Waals surface area contributed by atoms with Crippen molar-refractivity contribution in [1.82, 2.24) is 5.32 Å². The predicted octanol–water partition coefficient (Wildman–Crippen LogP) is 1.23. The quantitative estimate of drug-likeness (QED) is 0.798. The molecule has 0 aliphatic carbocycles. The maximum Gasteiger partial charge on any atom is 0.234 e. The highest BCUT2D eigenvalue weighted by Crippen LogP contribution is 2.29. The number of carbonyl (C=O) groups excluding carboxylic acids is 1. The normalized spacial score (nSPS) is 13.8. The van der Waals surface area contributed by atoms with Gasteiger partial charge in [-0.3, -0.25) is 10.1 Å². The molecule has 0 aliphatic rings. The van der Waals surface area contributed by atoms with Crippen LogP contribution in [0.25, 0.3) is 0 Å². The summed E-state index contributed by atoms with van der Waals surface area (Å²) >= 11 is 0. The molecule has 100 valence electrons. The summed E-state index contributed by atoms with van der Waals surface area (Å²) < 4.78 is 10.5. The van der Waals surface area contributed by atoms with E-state index in [0.717, 1.165) is 11.3 Å². The van der Waals surface area contributed by atoms with E-state index in [1.807, 2.05) is 25.1 Å². The lowest BCUT2D eigenvalue weighted by Crippen LogP contribution is -2.40. The van der Waals surface area contributed by atoms with Crippen molar-refractivity contribution in [2.45, 2.75) is 25.9 Å². The SMILES string of the molecule is COc1ccc(C(C)NC(C)C(N)=O)c(OC)c1. The van der Waals surface area contributed by atoms with Crippen molar-refractivity contribution < 1.29 is 14.3 Å². The van der Waals surface area contributed by atoms with E-state index in [-0.39, 0.29) is 11.9 Å². The summed E-state index contributed by atoms with van der Waals surface area (Å²) in [6.45, 7) is 3.68. The summed E-state index contributed by atoms with van der Waals surface area (Å²) in [5, 5.41) is 3.11. The van der Waals surface area contributed by atoms with Crippen LogP contribution < -0.4 is 20.5 Å². The second-order valence-corrected chi connectivity index (χ2v) is 4.12. The number of benzene rings is 1. The molecule has 2 atom stereocenters. The first-order chi connectivity index (χ1) is 8.49. The van der Waals surface area contributed by atoms with Crippen LogP contribution in [0.5, 0.6) is 11.5 Å². The van der Waals surface area contributed by atoms with Crippen molar-refractivity contribution >= 4 is 5.91 Å². The van der Waals surface area contributed by atoms with Crippen molar-refractivity contribution in [3.05, 3.63) is 23.8 Å². The van der Waals surface area contributed by atoms with Crippen LogP contribution >= 0.6 is 0 Å². The number of hydrogen-bond donors (Lipinski definition) is 2.